The van der Waals surface area contributed by atoms with E-state index in [0.29, 0.717) is 24.2 Å². The number of hydrogen-bond acceptors (Lipinski definition) is 7. The van der Waals surface area contributed by atoms with Gasteiger partial charge in [-0.2, -0.15) is 4.98 Å². The number of halogens is 1. The lowest BCUT2D eigenvalue weighted by atomic mass is 10.0. The monoisotopic (exact) mass is 441 g/mol. The number of amides is 1. The van der Waals surface area contributed by atoms with E-state index in [1.165, 1.54) is 24.3 Å². The molecule has 8 nitrogen and oxygen atoms in total. The number of ketones is 1. The molecule has 0 saturated heterocycles. The third kappa shape index (κ3) is 6.05. The van der Waals surface area contributed by atoms with Crippen molar-refractivity contribution in [3.63, 3.8) is 0 Å². The summed E-state index contributed by atoms with van der Waals surface area (Å²) in [6, 6.07) is 10.9. The highest BCUT2D eigenvalue weighted by molar-refractivity contribution is 5.96. The second-order valence-electron chi connectivity index (χ2n) is 7.12. The summed E-state index contributed by atoms with van der Waals surface area (Å²) in [4.78, 5) is 28.8. The van der Waals surface area contributed by atoms with E-state index in [1.54, 1.807) is 31.4 Å². The molecule has 1 aromatic heterocycles. The van der Waals surface area contributed by atoms with Crippen molar-refractivity contribution in [3.8, 4) is 11.4 Å². The predicted octanol–water partition coefficient (Wildman–Crippen LogP) is 3.34. The SMILES string of the molecule is COCCCCC(=O)c1ccc(-c2noc([C@H](CO)NC(=O)c3ccc(F)cc3)n2)cc1. The topological polar surface area (TPSA) is 115 Å². The first kappa shape index (κ1) is 23.2. The number of rotatable bonds is 11. The fourth-order valence-corrected chi connectivity index (χ4v) is 3.00. The van der Waals surface area contributed by atoms with Crippen LogP contribution in [-0.4, -0.2) is 47.3 Å². The molecule has 168 valence electrons. The van der Waals surface area contributed by atoms with Crippen LogP contribution in [0.15, 0.2) is 53.1 Å². The van der Waals surface area contributed by atoms with E-state index in [2.05, 4.69) is 15.5 Å². The summed E-state index contributed by atoms with van der Waals surface area (Å²) in [5, 5.41) is 16.1. The zero-order chi connectivity index (χ0) is 22.9. The Labute approximate surface area is 184 Å². The van der Waals surface area contributed by atoms with E-state index in [0.717, 1.165) is 12.8 Å². The second-order valence-corrected chi connectivity index (χ2v) is 7.12. The maximum atomic E-state index is 13.0. The number of nitrogens with zero attached hydrogens (tertiary/aromatic N) is 2. The summed E-state index contributed by atoms with van der Waals surface area (Å²) >= 11 is 0. The standard InChI is InChI=1S/C23H24FN3O5/c1-31-13-3-2-4-20(29)15-5-7-16(8-6-15)21-26-23(32-27-21)19(14-28)25-22(30)17-9-11-18(24)12-10-17/h5-12,19,28H,2-4,13-14H2,1H3,(H,25,30)/t19-/m0/s1. The molecule has 0 spiro atoms. The molecule has 2 aromatic carbocycles. The average molecular weight is 441 g/mol. The minimum atomic E-state index is -0.929. The summed E-state index contributed by atoms with van der Waals surface area (Å²) in [5.41, 5.74) is 1.44. The highest BCUT2D eigenvalue weighted by atomic mass is 19.1. The van der Waals surface area contributed by atoms with Crippen LogP contribution in [0.2, 0.25) is 0 Å². The third-order valence-electron chi connectivity index (χ3n) is 4.80. The number of nitrogens with one attached hydrogen (secondary N) is 1. The average Bonchev–Trinajstić information content (AvgIpc) is 3.30. The Balaban J connectivity index is 1.64. The quantitative estimate of drug-likeness (QED) is 0.346. The van der Waals surface area contributed by atoms with Crippen LogP contribution in [0.5, 0.6) is 0 Å². The van der Waals surface area contributed by atoms with Crippen LogP contribution in [0.1, 0.15) is 51.9 Å². The molecule has 0 unspecified atom stereocenters. The predicted molar refractivity (Wildman–Crippen MR) is 113 cm³/mol. The highest BCUT2D eigenvalue weighted by Gasteiger charge is 2.22. The van der Waals surface area contributed by atoms with Gasteiger partial charge < -0.3 is 19.7 Å². The normalized spacial score (nSPS) is 11.8. The van der Waals surface area contributed by atoms with Gasteiger partial charge in [0.2, 0.25) is 5.82 Å². The Kier molecular flexibility index (Phi) is 8.18. The first-order chi connectivity index (χ1) is 15.5. The van der Waals surface area contributed by atoms with Crippen molar-refractivity contribution in [3.05, 3.63) is 71.4 Å². The van der Waals surface area contributed by atoms with Gasteiger partial charge in [-0.15, -0.1) is 0 Å². The van der Waals surface area contributed by atoms with Crippen LogP contribution in [0.25, 0.3) is 11.4 Å². The first-order valence-corrected chi connectivity index (χ1v) is 10.1. The smallest absolute Gasteiger partial charge is 0.251 e. The Morgan fingerprint density at radius 1 is 1.09 bits per heavy atom. The molecular weight excluding hydrogens is 417 g/mol. The molecule has 3 rings (SSSR count). The van der Waals surface area contributed by atoms with Crippen molar-refractivity contribution in [2.75, 3.05) is 20.3 Å². The van der Waals surface area contributed by atoms with E-state index in [9.17, 15) is 19.1 Å². The molecule has 3 aromatic rings. The molecule has 2 N–H and O–H groups in total. The van der Waals surface area contributed by atoms with Gasteiger partial charge in [-0.1, -0.05) is 29.4 Å². The lowest BCUT2D eigenvalue weighted by molar-refractivity contribution is 0.0900. The van der Waals surface area contributed by atoms with E-state index >= 15 is 0 Å². The van der Waals surface area contributed by atoms with Crippen molar-refractivity contribution >= 4 is 11.7 Å². The van der Waals surface area contributed by atoms with Gasteiger partial charge in [0, 0.05) is 36.8 Å². The largest absolute Gasteiger partial charge is 0.394 e. The minimum Gasteiger partial charge on any atom is -0.394 e. The Morgan fingerprint density at radius 3 is 2.44 bits per heavy atom. The summed E-state index contributed by atoms with van der Waals surface area (Å²) in [6.45, 7) is 0.163. The number of benzene rings is 2. The van der Waals surface area contributed by atoms with Crippen molar-refractivity contribution in [2.45, 2.75) is 25.3 Å². The molecule has 1 amide bonds. The van der Waals surface area contributed by atoms with Crippen LogP contribution >= 0.6 is 0 Å². The lowest BCUT2D eigenvalue weighted by Crippen LogP contribution is -2.31. The van der Waals surface area contributed by atoms with Gasteiger partial charge >= 0.3 is 0 Å². The molecule has 0 saturated carbocycles. The number of Topliss-reactive ketones (excluding diaryl/α,β-unsaturated/α-hetero) is 1. The maximum absolute atomic E-state index is 13.0. The van der Waals surface area contributed by atoms with Crippen LogP contribution < -0.4 is 5.32 Å². The van der Waals surface area contributed by atoms with Gasteiger partial charge in [-0.05, 0) is 37.1 Å². The molecule has 0 aliphatic carbocycles. The molecule has 32 heavy (non-hydrogen) atoms. The Bertz CT molecular complexity index is 1030. The Morgan fingerprint density at radius 2 is 1.78 bits per heavy atom. The second kappa shape index (κ2) is 11.3. The number of aromatic nitrogens is 2. The van der Waals surface area contributed by atoms with Crippen LogP contribution in [0.4, 0.5) is 4.39 Å². The fourth-order valence-electron chi connectivity index (χ4n) is 3.00. The first-order valence-electron chi connectivity index (χ1n) is 10.1. The highest BCUT2D eigenvalue weighted by Crippen LogP contribution is 2.20. The summed E-state index contributed by atoms with van der Waals surface area (Å²) in [7, 11) is 1.63. The van der Waals surface area contributed by atoms with Gasteiger partial charge in [0.1, 0.15) is 11.9 Å². The van der Waals surface area contributed by atoms with Crippen molar-refractivity contribution < 1.29 is 28.3 Å². The zero-order valence-corrected chi connectivity index (χ0v) is 17.6. The molecule has 1 heterocycles. The summed E-state index contributed by atoms with van der Waals surface area (Å²) < 4.78 is 23.2. The number of methoxy groups -OCH3 is 1. The molecule has 0 fully saturated rings. The van der Waals surface area contributed by atoms with Crippen molar-refractivity contribution in [1.82, 2.24) is 15.5 Å². The van der Waals surface area contributed by atoms with Crippen LogP contribution in [0.3, 0.4) is 0 Å². The fraction of sp³-hybridized carbons (Fsp3) is 0.304. The van der Waals surface area contributed by atoms with Gasteiger partial charge in [0.05, 0.1) is 6.61 Å². The Hall–Kier alpha value is -3.43. The van der Waals surface area contributed by atoms with Crippen molar-refractivity contribution in [2.24, 2.45) is 0 Å². The molecule has 1 atom stereocenters. The maximum Gasteiger partial charge on any atom is 0.251 e. The number of aliphatic hydroxyl groups is 1. The number of carbonyl (C=O) groups excluding carboxylic acids is 2. The molecule has 0 aliphatic rings. The van der Waals surface area contributed by atoms with Gasteiger partial charge in [0.15, 0.2) is 5.78 Å². The molecule has 0 bridgehead atoms. The van der Waals surface area contributed by atoms with Crippen LogP contribution in [-0.2, 0) is 4.74 Å². The van der Waals surface area contributed by atoms with E-state index in [-0.39, 0.29) is 23.1 Å². The van der Waals surface area contributed by atoms with E-state index in [4.69, 9.17) is 9.26 Å². The van der Waals surface area contributed by atoms with E-state index in [1.807, 2.05) is 0 Å². The van der Waals surface area contributed by atoms with Gasteiger partial charge in [-0.3, -0.25) is 9.59 Å². The zero-order valence-electron chi connectivity index (χ0n) is 17.6. The van der Waals surface area contributed by atoms with Gasteiger partial charge in [-0.25, -0.2) is 4.39 Å². The minimum absolute atomic E-state index is 0.0243. The number of aliphatic hydroxyl groups excluding tert-OH is 1. The summed E-state index contributed by atoms with van der Waals surface area (Å²) in [5.74, 6) is -0.645. The summed E-state index contributed by atoms with van der Waals surface area (Å²) in [6.07, 6.45) is 2.03. The number of unbranched alkanes of at least 4 members (excludes halogenated alkanes) is 1. The molecular formula is C23H24FN3O5. The number of ether oxygens (including phenoxy) is 1. The van der Waals surface area contributed by atoms with Gasteiger partial charge in [0.25, 0.3) is 11.8 Å². The molecule has 0 aliphatic heterocycles. The number of hydrogen-bond donors (Lipinski definition) is 2. The lowest BCUT2D eigenvalue weighted by Gasteiger charge is -2.12. The molecule has 0 radical (unpaired) electrons. The van der Waals surface area contributed by atoms with Crippen molar-refractivity contribution in [1.29, 1.82) is 0 Å². The number of carbonyl (C=O) groups is 2. The third-order valence-corrected chi connectivity index (χ3v) is 4.80. The van der Waals surface area contributed by atoms with E-state index < -0.39 is 24.4 Å². The van der Waals surface area contributed by atoms with Crippen LogP contribution in [0, 0.1) is 5.82 Å². The molecule has 9 heteroatoms.